The molecule has 0 aliphatic rings. The molecule has 8 nitrogen and oxygen atoms in total. The zero-order valence-corrected chi connectivity index (χ0v) is 10.9. The van der Waals surface area contributed by atoms with Crippen LogP contribution in [0, 0.1) is 13.8 Å². The molecule has 0 fully saturated rings. The van der Waals surface area contributed by atoms with E-state index in [4.69, 9.17) is 5.73 Å². The molecule has 0 unspecified atom stereocenters. The fourth-order valence-electron chi connectivity index (χ4n) is 2.07. The molecule has 0 radical (unpaired) electrons. The van der Waals surface area contributed by atoms with Crippen molar-refractivity contribution in [1.82, 2.24) is 20.3 Å². The number of nitrogens with zero attached hydrogens (tertiary/aromatic N) is 3. The Morgan fingerprint density at radius 3 is 2.95 bits per heavy atom. The minimum absolute atomic E-state index is 0.0342. The van der Waals surface area contributed by atoms with Crippen molar-refractivity contribution in [2.45, 2.75) is 13.8 Å². The molecule has 3 heterocycles. The first-order valence-corrected chi connectivity index (χ1v) is 5.90. The maximum atomic E-state index is 12.1. The average Bonchev–Trinajstić information content (AvgIpc) is 2.96. The molecule has 4 N–H and O–H groups in total. The highest BCUT2D eigenvalue weighted by atomic mass is 16.5. The minimum Gasteiger partial charge on any atom is -0.367 e. The third kappa shape index (κ3) is 1.87. The number of hydrogen-bond donors (Lipinski definition) is 3. The number of aromatic nitrogens is 4. The van der Waals surface area contributed by atoms with E-state index in [1.54, 1.807) is 0 Å². The number of carbonyl (C=O) groups excluding carboxylic acids is 1. The molecular formula is C12H12N6O2. The quantitative estimate of drug-likeness (QED) is 0.648. The van der Waals surface area contributed by atoms with Gasteiger partial charge in [-0.1, -0.05) is 5.16 Å². The number of H-pyrrole nitrogens is 1. The van der Waals surface area contributed by atoms with Gasteiger partial charge in [-0.15, -0.1) is 0 Å². The monoisotopic (exact) mass is 272 g/mol. The lowest BCUT2D eigenvalue weighted by Crippen LogP contribution is -2.13. The smallest absolute Gasteiger partial charge is 0.264 e. The van der Waals surface area contributed by atoms with Crippen LogP contribution in [0.1, 0.15) is 21.6 Å². The van der Waals surface area contributed by atoms with Crippen LogP contribution in [0.2, 0.25) is 0 Å². The van der Waals surface area contributed by atoms with E-state index in [0.717, 1.165) is 16.6 Å². The molecule has 3 aromatic rings. The Kier molecular flexibility index (Phi) is 2.63. The van der Waals surface area contributed by atoms with Crippen molar-refractivity contribution in [2.75, 3.05) is 11.1 Å². The fourth-order valence-corrected chi connectivity index (χ4v) is 2.07. The fraction of sp³-hybridized carbons (Fsp3) is 0.167. The number of aryl methyl sites for hydroxylation is 2. The van der Waals surface area contributed by atoms with Gasteiger partial charge in [0.1, 0.15) is 5.56 Å². The van der Waals surface area contributed by atoms with Crippen LogP contribution in [0.25, 0.3) is 11.0 Å². The van der Waals surface area contributed by atoms with Crippen molar-refractivity contribution in [1.29, 1.82) is 0 Å². The van der Waals surface area contributed by atoms with E-state index in [9.17, 15) is 4.79 Å². The van der Waals surface area contributed by atoms with Gasteiger partial charge in [-0.3, -0.25) is 9.89 Å². The molecule has 3 rings (SSSR count). The second-order valence-corrected chi connectivity index (χ2v) is 4.43. The molecule has 20 heavy (non-hydrogen) atoms. The van der Waals surface area contributed by atoms with Crippen molar-refractivity contribution in [3.05, 3.63) is 29.1 Å². The van der Waals surface area contributed by atoms with Gasteiger partial charge in [0.2, 0.25) is 5.88 Å². The number of carbonyl (C=O) groups is 1. The molecule has 0 aliphatic heterocycles. The predicted molar refractivity (Wildman–Crippen MR) is 72.2 cm³/mol. The first kappa shape index (κ1) is 12.2. The van der Waals surface area contributed by atoms with Gasteiger partial charge in [-0.05, 0) is 25.5 Å². The van der Waals surface area contributed by atoms with Gasteiger partial charge in [0.15, 0.2) is 11.5 Å². The number of nitrogens with two attached hydrogens (primary N) is 1. The molecule has 102 valence electrons. The van der Waals surface area contributed by atoms with Gasteiger partial charge < -0.3 is 15.6 Å². The number of nitrogens with one attached hydrogen (secondary N) is 2. The van der Waals surface area contributed by atoms with E-state index in [1.807, 2.05) is 19.9 Å². The highest BCUT2D eigenvalue weighted by molar-refractivity contribution is 6.09. The Morgan fingerprint density at radius 1 is 1.45 bits per heavy atom. The summed E-state index contributed by atoms with van der Waals surface area (Å²) in [5.41, 5.74) is 8.13. The molecule has 0 bridgehead atoms. The van der Waals surface area contributed by atoms with Crippen LogP contribution in [-0.4, -0.2) is 26.2 Å². The number of aromatic amines is 1. The summed E-state index contributed by atoms with van der Waals surface area (Å²) < 4.78 is 4.66. The first-order chi connectivity index (χ1) is 9.56. The molecule has 0 aliphatic carbocycles. The number of rotatable bonds is 2. The Morgan fingerprint density at radius 2 is 2.25 bits per heavy atom. The Hall–Kier alpha value is -2.90. The summed E-state index contributed by atoms with van der Waals surface area (Å²) in [5, 5.41) is 13.7. The second-order valence-electron chi connectivity index (χ2n) is 4.43. The Balaban J connectivity index is 2.00. The molecule has 0 spiro atoms. The van der Waals surface area contributed by atoms with E-state index < -0.39 is 5.91 Å². The molecule has 8 heteroatoms. The third-order valence-electron chi connectivity index (χ3n) is 2.93. The average molecular weight is 272 g/mol. The lowest BCUT2D eigenvalue weighted by molar-refractivity contribution is 0.102. The van der Waals surface area contributed by atoms with E-state index in [-0.39, 0.29) is 11.4 Å². The highest BCUT2D eigenvalue weighted by Crippen LogP contribution is 2.24. The van der Waals surface area contributed by atoms with Gasteiger partial charge in [0.25, 0.3) is 5.91 Å². The van der Waals surface area contributed by atoms with Crippen LogP contribution >= 0.6 is 0 Å². The zero-order chi connectivity index (χ0) is 14.3. The minimum atomic E-state index is -0.433. The SMILES string of the molecule is Cc1cc(C)c2c(NC(=O)c3cnoc3N)n[nH]c2n1. The number of fused-ring (bicyclic) bond motifs is 1. The maximum absolute atomic E-state index is 12.1. The predicted octanol–water partition coefficient (Wildman–Crippen LogP) is 1.40. The van der Waals surface area contributed by atoms with Crippen molar-refractivity contribution in [3.63, 3.8) is 0 Å². The number of amides is 1. The summed E-state index contributed by atoms with van der Waals surface area (Å²) in [4.78, 5) is 16.4. The van der Waals surface area contributed by atoms with Crippen LogP contribution in [0.15, 0.2) is 16.8 Å². The van der Waals surface area contributed by atoms with Gasteiger partial charge in [0.05, 0.1) is 11.6 Å². The standard InChI is InChI=1S/C12H12N6O2/c1-5-3-6(2)15-10-8(5)11(18-17-10)16-12(19)7-4-14-20-9(7)13/h3-4H,13H2,1-2H3,(H2,15,16,17,18,19). The molecular weight excluding hydrogens is 260 g/mol. The van der Waals surface area contributed by atoms with Crippen molar-refractivity contribution in [2.24, 2.45) is 0 Å². The normalized spacial score (nSPS) is 10.9. The summed E-state index contributed by atoms with van der Waals surface area (Å²) in [6.45, 7) is 3.82. The first-order valence-electron chi connectivity index (χ1n) is 5.90. The molecule has 3 aromatic heterocycles. The van der Waals surface area contributed by atoms with E-state index in [1.165, 1.54) is 6.20 Å². The number of pyridine rings is 1. The third-order valence-corrected chi connectivity index (χ3v) is 2.93. The van der Waals surface area contributed by atoms with Crippen LogP contribution < -0.4 is 11.1 Å². The van der Waals surface area contributed by atoms with Crippen molar-refractivity contribution in [3.8, 4) is 0 Å². The summed E-state index contributed by atoms with van der Waals surface area (Å²) in [6.07, 6.45) is 1.26. The summed E-state index contributed by atoms with van der Waals surface area (Å²) in [6, 6.07) is 1.92. The lowest BCUT2D eigenvalue weighted by Gasteiger charge is -2.02. The largest absolute Gasteiger partial charge is 0.367 e. The summed E-state index contributed by atoms with van der Waals surface area (Å²) in [5.74, 6) is -0.0687. The topological polar surface area (TPSA) is 123 Å². The summed E-state index contributed by atoms with van der Waals surface area (Å²) >= 11 is 0. The van der Waals surface area contributed by atoms with Gasteiger partial charge >= 0.3 is 0 Å². The van der Waals surface area contributed by atoms with E-state index in [0.29, 0.717) is 11.5 Å². The van der Waals surface area contributed by atoms with E-state index >= 15 is 0 Å². The molecule has 1 amide bonds. The zero-order valence-electron chi connectivity index (χ0n) is 10.9. The van der Waals surface area contributed by atoms with Gasteiger partial charge in [-0.2, -0.15) is 5.10 Å². The lowest BCUT2D eigenvalue weighted by atomic mass is 10.2. The van der Waals surface area contributed by atoms with Crippen LogP contribution in [-0.2, 0) is 0 Å². The Labute approximate surface area is 113 Å². The molecule has 0 atom stereocenters. The highest BCUT2D eigenvalue weighted by Gasteiger charge is 2.17. The number of hydrogen-bond acceptors (Lipinski definition) is 6. The number of nitrogen functional groups attached to an aromatic ring is 1. The number of anilines is 2. The Bertz CT molecular complexity index is 803. The van der Waals surface area contributed by atoms with Crippen LogP contribution in [0.4, 0.5) is 11.7 Å². The summed E-state index contributed by atoms with van der Waals surface area (Å²) in [7, 11) is 0. The second kappa shape index (κ2) is 4.34. The van der Waals surface area contributed by atoms with Crippen molar-refractivity contribution < 1.29 is 9.32 Å². The molecule has 0 saturated carbocycles. The van der Waals surface area contributed by atoms with Gasteiger partial charge in [-0.25, -0.2) is 4.98 Å². The van der Waals surface area contributed by atoms with Gasteiger partial charge in [0, 0.05) is 5.69 Å². The maximum Gasteiger partial charge on any atom is 0.264 e. The van der Waals surface area contributed by atoms with Crippen molar-refractivity contribution >= 4 is 28.6 Å². The van der Waals surface area contributed by atoms with Crippen LogP contribution in [0.3, 0.4) is 0 Å². The molecule has 0 saturated heterocycles. The van der Waals surface area contributed by atoms with Crippen LogP contribution in [0.5, 0.6) is 0 Å². The molecule has 0 aromatic carbocycles. The van der Waals surface area contributed by atoms with E-state index in [2.05, 4.69) is 30.2 Å².